The molecule has 1 heterocycles. The zero-order valence-electron chi connectivity index (χ0n) is 14.3. The molecule has 0 radical (unpaired) electrons. The van der Waals surface area contributed by atoms with Gasteiger partial charge in [-0.05, 0) is 56.1 Å². The number of anilines is 2. The highest BCUT2D eigenvalue weighted by atomic mass is 16.2. The van der Waals surface area contributed by atoms with Crippen LogP contribution < -0.4 is 16.0 Å². The molecule has 0 spiro atoms. The fraction of sp³-hybridized carbons (Fsp3) is 0.300. The molecule has 1 saturated heterocycles. The van der Waals surface area contributed by atoms with Crippen LogP contribution in [0.1, 0.15) is 35.2 Å². The summed E-state index contributed by atoms with van der Waals surface area (Å²) in [5.41, 5.74) is 2.88. The lowest BCUT2D eigenvalue weighted by Gasteiger charge is -2.13. The predicted molar refractivity (Wildman–Crippen MR) is 99.8 cm³/mol. The normalized spacial score (nSPS) is 16.4. The van der Waals surface area contributed by atoms with Crippen molar-refractivity contribution in [2.75, 3.05) is 17.2 Å². The number of amides is 2. The summed E-state index contributed by atoms with van der Waals surface area (Å²) in [5.74, 6) is -0.220. The Morgan fingerprint density at radius 3 is 2.64 bits per heavy atom. The molecule has 5 nitrogen and oxygen atoms in total. The number of aryl methyl sites for hydroxylation is 1. The first kappa shape index (κ1) is 17.2. The molecular formula is C20H23N3O2. The van der Waals surface area contributed by atoms with Crippen LogP contribution in [0.3, 0.4) is 0 Å². The monoisotopic (exact) mass is 337 g/mol. The molecular weight excluding hydrogens is 314 g/mol. The van der Waals surface area contributed by atoms with Gasteiger partial charge in [0, 0.05) is 29.4 Å². The summed E-state index contributed by atoms with van der Waals surface area (Å²) in [7, 11) is 0. The summed E-state index contributed by atoms with van der Waals surface area (Å²) in [6.07, 6.45) is 2.61. The Balaban J connectivity index is 1.67. The average molecular weight is 337 g/mol. The highest BCUT2D eigenvalue weighted by Crippen LogP contribution is 2.19. The molecule has 1 aliphatic rings. The molecule has 0 aliphatic carbocycles. The van der Waals surface area contributed by atoms with Gasteiger partial charge in [-0.3, -0.25) is 9.59 Å². The molecule has 1 aliphatic heterocycles. The molecule has 3 rings (SSSR count). The van der Waals surface area contributed by atoms with Gasteiger partial charge in [-0.1, -0.05) is 24.3 Å². The van der Waals surface area contributed by atoms with Crippen LogP contribution in [-0.2, 0) is 4.79 Å². The van der Waals surface area contributed by atoms with Gasteiger partial charge in [0.2, 0.25) is 5.91 Å². The maximum Gasteiger partial charge on any atom is 0.255 e. The molecule has 0 bridgehead atoms. The van der Waals surface area contributed by atoms with Crippen LogP contribution in [0.2, 0.25) is 0 Å². The Kier molecular flexibility index (Phi) is 5.46. The minimum atomic E-state index is -0.195. The maximum absolute atomic E-state index is 12.4. The van der Waals surface area contributed by atoms with Gasteiger partial charge in [0.15, 0.2) is 0 Å². The molecule has 0 aromatic heterocycles. The van der Waals surface area contributed by atoms with Crippen LogP contribution in [0.4, 0.5) is 11.4 Å². The van der Waals surface area contributed by atoms with Crippen LogP contribution in [0.25, 0.3) is 0 Å². The summed E-state index contributed by atoms with van der Waals surface area (Å²) in [4.78, 5) is 24.6. The molecule has 130 valence electrons. The van der Waals surface area contributed by atoms with Crippen LogP contribution in [0.15, 0.2) is 48.5 Å². The van der Waals surface area contributed by atoms with E-state index in [2.05, 4.69) is 16.0 Å². The molecule has 1 fully saturated rings. The SMILES string of the molecule is Cc1ccc(C(=O)Nc2ccccc2)cc1NC(=O)CC1CCCN1. The molecule has 2 amide bonds. The number of benzene rings is 2. The van der Waals surface area contributed by atoms with Crippen molar-refractivity contribution in [2.24, 2.45) is 0 Å². The summed E-state index contributed by atoms with van der Waals surface area (Å²) < 4.78 is 0. The smallest absolute Gasteiger partial charge is 0.255 e. The Labute approximate surface area is 147 Å². The fourth-order valence-corrected chi connectivity index (χ4v) is 2.98. The van der Waals surface area contributed by atoms with Gasteiger partial charge >= 0.3 is 0 Å². The lowest BCUT2D eigenvalue weighted by atomic mass is 10.1. The molecule has 2 aromatic carbocycles. The minimum Gasteiger partial charge on any atom is -0.326 e. The van der Waals surface area contributed by atoms with Crippen molar-refractivity contribution < 1.29 is 9.59 Å². The van der Waals surface area contributed by atoms with Gasteiger partial charge in [0.25, 0.3) is 5.91 Å². The summed E-state index contributed by atoms with van der Waals surface area (Å²) in [6.45, 7) is 2.90. The van der Waals surface area contributed by atoms with Crippen LogP contribution in [0.5, 0.6) is 0 Å². The summed E-state index contributed by atoms with van der Waals surface area (Å²) in [5, 5.41) is 9.11. The van der Waals surface area contributed by atoms with E-state index in [4.69, 9.17) is 0 Å². The number of para-hydroxylation sites is 1. The van der Waals surface area contributed by atoms with E-state index in [0.717, 1.165) is 30.6 Å². The second kappa shape index (κ2) is 7.94. The van der Waals surface area contributed by atoms with Crippen molar-refractivity contribution in [1.29, 1.82) is 0 Å². The number of carbonyl (C=O) groups excluding carboxylic acids is 2. The maximum atomic E-state index is 12.4. The summed E-state index contributed by atoms with van der Waals surface area (Å²) in [6, 6.07) is 14.9. The number of nitrogens with one attached hydrogen (secondary N) is 3. The van der Waals surface area contributed by atoms with E-state index in [1.54, 1.807) is 12.1 Å². The largest absolute Gasteiger partial charge is 0.326 e. The molecule has 3 N–H and O–H groups in total. The zero-order chi connectivity index (χ0) is 17.6. The quantitative estimate of drug-likeness (QED) is 0.784. The Morgan fingerprint density at radius 1 is 1.12 bits per heavy atom. The summed E-state index contributed by atoms with van der Waals surface area (Å²) >= 11 is 0. The third kappa shape index (κ3) is 4.67. The van der Waals surface area contributed by atoms with Crippen molar-refractivity contribution in [3.05, 3.63) is 59.7 Å². The number of rotatable bonds is 5. The van der Waals surface area contributed by atoms with Gasteiger partial charge < -0.3 is 16.0 Å². The van der Waals surface area contributed by atoms with Crippen LogP contribution in [0, 0.1) is 6.92 Å². The van der Waals surface area contributed by atoms with Crippen LogP contribution >= 0.6 is 0 Å². The third-order valence-electron chi connectivity index (χ3n) is 4.40. The van der Waals surface area contributed by atoms with Crippen molar-refractivity contribution in [3.8, 4) is 0 Å². The van der Waals surface area contributed by atoms with E-state index in [0.29, 0.717) is 17.7 Å². The first-order valence-electron chi connectivity index (χ1n) is 8.62. The molecule has 25 heavy (non-hydrogen) atoms. The molecule has 1 unspecified atom stereocenters. The Morgan fingerprint density at radius 2 is 1.92 bits per heavy atom. The Hall–Kier alpha value is -2.66. The number of hydrogen-bond acceptors (Lipinski definition) is 3. The van der Waals surface area contributed by atoms with E-state index in [1.807, 2.05) is 43.3 Å². The highest BCUT2D eigenvalue weighted by Gasteiger charge is 2.18. The molecule has 0 saturated carbocycles. The molecule has 2 aromatic rings. The van der Waals surface area contributed by atoms with E-state index < -0.39 is 0 Å². The zero-order valence-corrected chi connectivity index (χ0v) is 14.3. The topological polar surface area (TPSA) is 70.2 Å². The predicted octanol–water partition coefficient (Wildman–Crippen LogP) is 3.33. The number of hydrogen-bond donors (Lipinski definition) is 3. The first-order valence-corrected chi connectivity index (χ1v) is 8.62. The van der Waals surface area contributed by atoms with Crippen molar-refractivity contribution in [3.63, 3.8) is 0 Å². The molecule has 5 heteroatoms. The van der Waals surface area contributed by atoms with Gasteiger partial charge in [0.05, 0.1) is 0 Å². The van der Waals surface area contributed by atoms with Gasteiger partial charge in [-0.25, -0.2) is 0 Å². The van der Waals surface area contributed by atoms with Gasteiger partial charge in [-0.15, -0.1) is 0 Å². The van der Waals surface area contributed by atoms with E-state index in [9.17, 15) is 9.59 Å². The molecule has 1 atom stereocenters. The van der Waals surface area contributed by atoms with E-state index in [1.165, 1.54) is 0 Å². The first-order chi connectivity index (χ1) is 12.1. The van der Waals surface area contributed by atoms with Crippen molar-refractivity contribution in [2.45, 2.75) is 32.2 Å². The average Bonchev–Trinajstić information content (AvgIpc) is 3.10. The van der Waals surface area contributed by atoms with E-state index in [-0.39, 0.29) is 17.9 Å². The van der Waals surface area contributed by atoms with Crippen LogP contribution in [-0.4, -0.2) is 24.4 Å². The Bertz CT molecular complexity index is 753. The highest BCUT2D eigenvalue weighted by molar-refractivity contribution is 6.05. The second-order valence-corrected chi connectivity index (χ2v) is 6.40. The standard InChI is InChI=1S/C20H23N3O2/c1-14-9-10-15(20(25)22-16-6-3-2-4-7-16)12-18(14)23-19(24)13-17-8-5-11-21-17/h2-4,6-7,9-10,12,17,21H,5,8,11,13H2,1H3,(H,22,25)(H,23,24). The fourth-order valence-electron chi connectivity index (χ4n) is 2.98. The van der Waals surface area contributed by atoms with Crippen molar-refractivity contribution >= 4 is 23.2 Å². The van der Waals surface area contributed by atoms with E-state index >= 15 is 0 Å². The van der Waals surface area contributed by atoms with Gasteiger partial charge in [-0.2, -0.15) is 0 Å². The lowest BCUT2D eigenvalue weighted by molar-refractivity contribution is -0.116. The second-order valence-electron chi connectivity index (χ2n) is 6.40. The lowest BCUT2D eigenvalue weighted by Crippen LogP contribution is -2.27. The van der Waals surface area contributed by atoms with Gasteiger partial charge in [0.1, 0.15) is 0 Å². The van der Waals surface area contributed by atoms with Crippen molar-refractivity contribution in [1.82, 2.24) is 5.32 Å². The third-order valence-corrected chi connectivity index (χ3v) is 4.40. The number of carbonyl (C=O) groups is 2. The minimum absolute atomic E-state index is 0.0249.